The summed E-state index contributed by atoms with van der Waals surface area (Å²) in [6, 6.07) is 13.9. The maximum absolute atomic E-state index is 11.8. The number of halogens is 1. The Morgan fingerprint density at radius 2 is 1.52 bits per heavy atom. The van der Waals surface area contributed by atoms with Crippen LogP contribution in [0.15, 0.2) is 59.0 Å². The van der Waals surface area contributed by atoms with Crippen LogP contribution in [-0.2, 0) is 19.4 Å². The van der Waals surface area contributed by atoms with Gasteiger partial charge in [-0.1, -0.05) is 35.9 Å². The number of hydrogen-bond acceptors (Lipinski definition) is 5. The number of benzene rings is 2. The summed E-state index contributed by atoms with van der Waals surface area (Å²) >= 11 is 11.6. The van der Waals surface area contributed by atoms with Crippen LogP contribution in [0, 0.1) is 0 Å². The molecule has 0 atom stereocenters. The number of ketones is 1. The van der Waals surface area contributed by atoms with Gasteiger partial charge in [-0.3, -0.25) is 0 Å². The molecule has 154 valence electrons. The van der Waals surface area contributed by atoms with Gasteiger partial charge in [0.25, 0.3) is 0 Å². The average molecular weight is 451 g/mol. The predicted molar refractivity (Wildman–Crippen MR) is 121 cm³/mol. The highest BCUT2D eigenvalue weighted by Crippen LogP contribution is 2.32. The highest BCUT2D eigenvalue weighted by molar-refractivity contribution is 7.90. The van der Waals surface area contributed by atoms with E-state index in [9.17, 15) is 13.2 Å². The summed E-state index contributed by atoms with van der Waals surface area (Å²) in [5, 5.41) is 0.920. The van der Waals surface area contributed by atoms with Crippen LogP contribution in [-0.4, -0.2) is 32.1 Å². The summed E-state index contributed by atoms with van der Waals surface area (Å²) in [6.07, 6.45) is 1.90. The number of carbonyl (C=O) groups excluding carboxylic acids is 1. The maximum Gasteiger partial charge on any atom is 0.187 e. The lowest BCUT2D eigenvalue weighted by molar-refractivity contribution is -0.116. The van der Waals surface area contributed by atoms with E-state index in [4.69, 9.17) is 28.6 Å². The minimum Gasteiger partial charge on any atom is -0.483 e. The van der Waals surface area contributed by atoms with Crippen molar-refractivity contribution >= 4 is 50.1 Å². The molecule has 2 rings (SSSR count). The highest BCUT2D eigenvalue weighted by atomic mass is 35.5. The summed E-state index contributed by atoms with van der Waals surface area (Å²) in [5.41, 5.74) is 3.15. The van der Waals surface area contributed by atoms with E-state index in [0.29, 0.717) is 29.5 Å². The lowest BCUT2D eigenvalue weighted by Gasteiger charge is -2.18. The van der Waals surface area contributed by atoms with Gasteiger partial charge >= 0.3 is 0 Å². The third-order valence-corrected chi connectivity index (χ3v) is 6.00. The predicted octanol–water partition coefficient (Wildman–Crippen LogP) is 5.28. The summed E-state index contributed by atoms with van der Waals surface area (Å²) < 4.78 is 29.2. The van der Waals surface area contributed by atoms with Crippen LogP contribution in [0.25, 0.3) is 5.57 Å². The highest BCUT2D eigenvalue weighted by Gasteiger charge is 2.18. The van der Waals surface area contributed by atoms with Crippen LogP contribution < -0.4 is 0 Å². The SMILES string of the molecule is CCOC(=S)C(CCC(C)=O)=C(c1ccc(Cl)cc1)c1ccc(S(C)(=O)=O)cc1. The van der Waals surface area contributed by atoms with Crippen molar-refractivity contribution in [2.45, 2.75) is 31.6 Å². The molecule has 29 heavy (non-hydrogen) atoms. The molecule has 0 aliphatic rings. The van der Waals surface area contributed by atoms with E-state index in [1.54, 1.807) is 36.4 Å². The molecule has 4 nitrogen and oxygen atoms in total. The topological polar surface area (TPSA) is 60.4 Å². The quantitative estimate of drug-likeness (QED) is 0.404. The van der Waals surface area contributed by atoms with Crippen LogP contribution in [0.1, 0.15) is 37.8 Å². The molecule has 0 spiro atoms. The Morgan fingerprint density at radius 1 is 1.00 bits per heavy atom. The first-order valence-electron chi connectivity index (χ1n) is 9.09. The first kappa shape index (κ1) is 23.3. The fourth-order valence-corrected chi connectivity index (χ4v) is 3.93. The van der Waals surface area contributed by atoms with Gasteiger partial charge in [0.1, 0.15) is 5.78 Å². The molecule has 2 aromatic carbocycles. The Morgan fingerprint density at radius 3 is 1.97 bits per heavy atom. The number of Topliss-reactive ketones (excluding diaryl/α,β-unsaturated/α-hetero) is 1. The van der Waals surface area contributed by atoms with Crippen molar-refractivity contribution in [3.8, 4) is 0 Å². The van der Waals surface area contributed by atoms with Crippen molar-refractivity contribution in [3.05, 3.63) is 70.3 Å². The molecule has 0 aliphatic carbocycles. The smallest absolute Gasteiger partial charge is 0.187 e. The van der Waals surface area contributed by atoms with E-state index >= 15 is 0 Å². The zero-order valence-corrected chi connectivity index (χ0v) is 19.0. The number of thiocarbonyl (C=S) groups is 1. The van der Waals surface area contributed by atoms with Crippen LogP contribution in [0.4, 0.5) is 0 Å². The lowest BCUT2D eigenvalue weighted by Crippen LogP contribution is -2.10. The van der Waals surface area contributed by atoms with Gasteiger partial charge in [-0.2, -0.15) is 0 Å². The molecule has 0 heterocycles. The molecule has 0 radical (unpaired) electrons. The Labute approximate surface area is 182 Å². The third kappa shape index (κ3) is 6.49. The van der Waals surface area contributed by atoms with Crippen LogP contribution >= 0.6 is 23.8 Å². The average Bonchev–Trinajstić information content (AvgIpc) is 2.65. The zero-order chi connectivity index (χ0) is 21.6. The molecule has 7 heteroatoms. The van der Waals surface area contributed by atoms with Crippen molar-refractivity contribution < 1.29 is 17.9 Å². The molecule has 0 amide bonds. The van der Waals surface area contributed by atoms with E-state index in [1.807, 2.05) is 19.1 Å². The van der Waals surface area contributed by atoms with Gasteiger partial charge in [0, 0.05) is 23.3 Å². The fourth-order valence-electron chi connectivity index (χ4n) is 2.85. The van der Waals surface area contributed by atoms with E-state index in [-0.39, 0.29) is 10.7 Å². The molecule has 0 bridgehead atoms. The summed E-state index contributed by atoms with van der Waals surface area (Å²) in [5.74, 6) is 0.0460. The minimum atomic E-state index is -3.31. The molecule has 0 saturated heterocycles. The van der Waals surface area contributed by atoms with Crippen LogP contribution in [0.3, 0.4) is 0 Å². The van der Waals surface area contributed by atoms with Crippen molar-refractivity contribution in [2.75, 3.05) is 12.9 Å². The number of carbonyl (C=O) groups is 1. The summed E-state index contributed by atoms with van der Waals surface area (Å²) in [4.78, 5) is 11.9. The molecular weight excluding hydrogens is 428 g/mol. The van der Waals surface area contributed by atoms with Gasteiger partial charge in [-0.15, -0.1) is 0 Å². The molecule has 0 unspecified atom stereocenters. The Balaban J connectivity index is 2.71. The Hall–Kier alpha value is -2.02. The molecule has 0 fully saturated rings. The molecule has 2 aromatic rings. The molecule has 0 aliphatic heterocycles. The van der Waals surface area contributed by atoms with Crippen molar-refractivity contribution in [2.24, 2.45) is 0 Å². The third-order valence-electron chi connectivity index (χ3n) is 4.25. The van der Waals surface area contributed by atoms with Gasteiger partial charge in [0.05, 0.1) is 11.5 Å². The second-order valence-corrected chi connectivity index (χ2v) is 9.40. The minimum absolute atomic E-state index is 0.0460. The molecule has 0 aromatic heterocycles. The van der Waals surface area contributed by atoms with Gasteiger partial charge in [-0.05, 0) is 73.5 Å². The van der Waals surface area contributed by atoms with E-state index in [0.717, 1.165) is 22.3 Å². The van der Waals surface area contributed by atoms with E-state index in [2.05, 4.69) is 0 Å². The van der Waals surface area contributed by atoms with Gasteiger partial charge in [0.2, 0.25) is 0 Å². The van der Waals surface area contributed by atoms with Crippen LogP contribution in [0.5, 0.6) is 0 Å². The second kappa shape index (κ2) is 10.1. The number of rotatable bonds is 8. The number of ether oxygens (including phenoxy) is 1. The normalized spacial score (nSPS) is 12.3. The molecular formula is C22H23ClO4S2. The first-order chi connectivity index (χ1) is 13.6. The van der Waals surface area contributed by atoms with Crippen molar-refractivity contribution in [3.63, 3.8) is 0 Å². The Bertz CT molecular complexity index is 1020. The second-order valence-electron chi connectivity index (χ2n) is 6.58. The fraction of sp³-hybridized carbons (Fsp3) is 0.273. The number of sulfone groups is 1. The van der Waals surface area contributed by atoms with E-state index in [1.165, 1.54) is 13.2 Å². The van der Waals surface area contributed by atoms with Crippen LogP contribution in [0.2, 0.25) is 5.02 Å². The lowest BCUT2D eigenvalue weighted by atomic mass is 9.91. The maximum atomic E-state index is 11.8. The Kier molecular flexibility index (Phi) is 8.14. The van der Waals surface area contributed by atoms with Gasteiger partial charge in [0.15, 0.2) is 14.9 Å². The first-order valence-corrected chi connectivity index (χ1v) is 11.8. The standard InChI is InChI=1S/C22H23ClO4S2/c1-4-27-22(28)20(14-5-15(2)24)21(16-6-10-18(23)11-7-16)17-8-12-19(13-9-17)29(3,25)26/h6-13H,4-5,14H2,1-3H3. The molecule has 0 N–H and O–H groups in total. The summed E-state index contributed by atoms with van der Waals surface area (Å²) in [6.45, 7) is 3.78. The molecule has 0 saturated carbocycles. The van der Waals surface area contributed by atoms with Crippen molar-refractivity contribution in [1.82, 2.24) is 0 Å². The zero-order valence-electron chi connectivity index (χ0n) is 16.6. The van der Waals surface area contributed by atoms with Gasteiger partial charge < -0.3 is 9.53 Å². The van der Waals surface area contributed by atoms with E-state index < -0.39 is 9.84 Å². The van der Waals surface area contributed by atoms with Gasteiger partial charge in [-0.25, -0.2) is 8.42 Å². The monoisotopic (exact) mass is 450 g/mol. The number of hydrogen-bond donors (Lipinski definition) is 0. The summed E-state index contributed by atoms with van der Waals surface area (Å²) in [7, 11) is -3.31. The largest absolute Gasteiger partial charge is 0.483 e. The van der Waals surface area contributed by atoms with Crippen molar-refractivity contribution in [1.29, 1.82) is 0 Å².